The van der Waals surface area contributed by atoms with Crippen LogP contribution in [-0.4, -0.2) is 5.92 Å². The topological polar surface area (TPSA) is 0 Å². The van der Waals surface area contributed by atoms with Gasteiger partial charge in [0.2, 0.25) is 0 Å². The van der Waals surface area contributed by atoms with Gasteiger partial charge in [-0.05, 0) is 0 Å². The quantitative estimate of drug-likeness (QED) is 0.151. The van der Waals surface area contributed by atoms with E-state index in [2.05, 4.69) is 159 Å². The first-order valence-electron chi connectivity index (χ1n) is 17.9. The molecule has 0 saturated carbocycles. The van der Waals surface area contributed by atoms with Gasteiger partial charge in [0, 0.05) is 0 Å². The fraction of sp³-hybridized carbons (Fsp3) is 0.333. The Hall–Kier alpha value is -2.80. The van der Waals surface area contributed by atoms with Gasteiger partial charge < -0.3 is 0 Å². The van der Waals surface area contributed by atoms with Crippen molar-refractivity contribution in [3.63, 3.8) is 0 Å². The zero-order valence-corrected chi connectivity index (χ0v) is 33.6. The number of rotatable bonds is 6. The van der Waals surface area contributed by atoms with Gasteiger partial charge >= 0.3 is 294 Å². The van der Waals surface area contributed by atoms with Crippen molar-refractivity contribution in [2.45, 2.75) is 95.3 Å². The van der Waals surface area contributed by atoms with Crippen molar-refractivity contribution in [1.82, 2.24) is 0 Å². The Morgan fingerprint density at radius 1 is 0.723 bits per heavy atom. The second-order valence-corrected chi connectivity index (χ2v) is 35.8. The molecule has 2 aliphatic rings. The standard InChI is InChI=1S/C22H19.C21H25.C2H7Si.Zr/c1-2-7-16-14-18-10-6-13-21(22(18)15-16)20-12-5-9-17-8-3-4-11-19(17)20;1-20(2,3)16-7-9-18-14(12-16)11-15-13-17(21(4,5)6)8-10-19(15)18;1-3-2;/h3-6,8-15H,2,7H2,1H3;7-10,12H,11H2,1-6H3;3H,1-2H3;. The maximum absolute atomic E-state index is 2.70. The third-order valence-corrected chi connectivity index (χ3v) is 30.9. The molecule has 0 bridgehead atoms. The summed E-state index contributed by atoms with van der Waals surface area (Å²) in [6, 6.07) is 35.5. The van der Waals surface area contributed by atoms with Crippen LogP contribution >= 0.6 is 0 Å². The van der Waals surface area contributed by atoms with E-state index in [1.54, 1.807) is 27.8 Å². The zero-order valence-electron chi connectivity index (χ0n) is 30.0. The molecular formula is C45H51SiZr. The average Bonchev–Trinajstić information content (AvgIpc) is 3.58. The van der Waals surface area contributed by atoms with E-state index in [4.69, 9.17) is 0 Å². The Balaban J connectivity index is 1.45. The van der Waals surface area contributed by atoms with Crippen molar-refractivity contribution in [3.8, 4) is 22.3 Å². The molecule has 0 amide bonds. The van der Waals surface area contributed by atoms with Gasteiger partial charge in [0.25, 0.3) is 0 Å². The van der Waals surface area contributed by atoms with Crippen LogP contribution in [0.5, 0.6) is 0 Å². The molecule has 239 valence electrons. The molecule has 0 saturated heterocycles. The summed E-state index contributed by atoms with van der Waals surface area (Å²) in [5, 5.41) is 2.68. The minimum atomic E-state index is -2.34. The van der Waals surface area contributed by atoms with Crippen LogP contribution in [0.4, 0.5) is 0 Å². The predicted octanol–water partition coefficient (Wildman–Crippen LogP) is 11.8. The van der Waals surface area contributed by atoms with E-state index in [1.807, 2.05) is 3.27 Å². The van der Waals surface area contributed by atoms with E-state index in [1.165, 1.54) is 57.0 Å². The number of hydrogen-bond donors (Lipinski definition) is 0. The molecule has 0 fully saturated rings. The Kier molecular flexibility index (Phi) is 8.54. The third kappa shape index (κ3) is 5.72. The SMILES string of the molecule is CCCC1=Cc2c(-c3cccc4ccccc34)cccc2[CH]1[Zr]([c]1c(C(C)(C)C)ccc2c1Cc1cc(C(C)(C)C)ccc1-2)[SiH](C)C. The first-order chi connectivity index (χ1) is 22.4. The zero-order chi connectivity index (χ0) is 33.2. The number of hydrogen-bond acceptors (Lipinski definition) is 0. The number of fused-ring (bicyclic) bond motifs is 5. The molecule has 0 heterocycles. The molecule has 0 aromatic heterocycles. The summed E-state index contributed by atoms with van der Waals surface area (Å²) in [4.78, 5) is 0. The van der Waals surface area contributed by atoms with Gasteiger partial charge in [-0.25, -0.2) is 0 Å². The second kappa shape index (κ2) is 12.3. The van der Waals surface area contributed by atoms with Crippen LogP contribution in [0.15, 0.2) is 96.6 Å². The van der Waals surface area contributed by atoms with Crippen LogP contribution in [-0.2, 0) is 38.2 Å². The molecule has 47 heavy (non-hydrogen) atoms. The fourth-order valence-corrected chi connectivity index (χ4v) is 30.2. The van der Waals surface area contributed by atoms with Crippen LogP contribution in [0.3, 0.4) is 0 Å². The molecule has 5 aromatic carbocycles. The Labute approximate surface area is 292 Å². The Morgan fingerprint density at radius 2 is 1.43 bits per heavy atom. The molecule has 1 atom stereocenters. The average molecular weight is 711 g/mol. The minimum absolute atomic E-state index is 0.117. The molecule has 0 nitrogen and oxygen atoms in total. The molecule has 1 unspecified atom stereocenters. The molecule has 0 spiro atoms. The summed E-state index contributed by atoms with van der Waals surface area (Å²) in [7, 11) is 0. The van der Waals surface area contributed by atoms with Crippen molar-refractivity contribution in [1.29, 1.82) is 0 Å². The van der Waals surface area contributed by atoms with Gasteiger partial charge in [0.05, 0.1) is 0 Å². The van der Waals surface area contributed by atoms with Gasteiger partial charge in [-0.3, -0.25) is 0 Å². The summed E-state index contributed by atoms with van der Waals surface area (Å²) in [6.45, 7) is 22.2. The van der Waals surface area contributed by atoms with E-state index in [0.717, 1.165) is 6.42 Å². The van der Waals surface area contributed by atoms with Crippen molar-refractivity contribution >= 4 is 26.0 Å². The van der Waals surface area contributed by atoms with E-state index in [9.17, 15) is 0 Å². The number of allylic oxidation sites excluding steroid dienone is 1. The van der Waals surface area contributed by atoms with Crippen LogP contribution in [0.2, 0.25) is 13.1 Å². The van der Waals surface area contributed by atoms with Gasteiger partial charge in [-0.15, -0.1) is 0 Å². The van der Waals surface area contributed by atoms with E-state index < -0.39 is 26.8 Å². The Morgan fingerprint density at radius 3 is 2.15 bits per heavy atom. The monoisotopic (exact) mass is 709 g/mol. The van der Waals surface area contributed by atoms with Crippen LogP contribution < -0.4 is 3.27 Å². The number of benzene rings is 5. The summed E-state index contributed by atoms with van der Waals surface area (Å²) in [6.07, 6.45) is 6.17. The molecule has 2 heteroatoms. The summed E-state index contributed by atoms with van der Waals surface area (Å²) in [5.41, 5.74) is 17.3. The molecule has 0 aliphatic heterocycles. The van der Waals surface area contributed by atoms with E-state index in [0.29, 0.717) is 3.63 Å². The van der Waals surface area contributed by atoms with Gasteiger partial charge in [0.15, 0.2) is 0 Å². The molecule has 5 aromatic rings. The first-order valence-corrected chi connectivity index (χ1v) is 27.7. The third-order valence-electron chi connectivity index (χ3n) is 10.7. The first kappa shape index (κ1) is 32.7. The second-order valence-electron chi connectivity index (χ2n) is 16.4. The van der Waals surface area contributed by atoms with E-state index in [-0.39, 0.29) is 10.8 Å². The maximum atomic E-state index is 2.70. The normalized spacial score (nSPS) is 15.5. The molecule has 7 rings (SSSR count). The fourth-order valence-electron chi connectivity index (χ4n) is 8.50. The van der Waals surface area contributed by atoms with E-state index >= 15 is 0 Å². The van der Waals surface area contributed by atoms with Crippen LogP contribution in [0.1, 0.15) is 98.3 Å². The molecule has 2 aliphatic carbocycles. The predicted molar refractivity (Wildman–Crippen MR) is 206 cm³/mol. The van der Waals surface area contributed by atoms with Crippen molar-refractivity contribution in [3.05, 3.63) is 130 Å². The summed E-state index contributed by atoms with van der Waals surface area (Å²) in [5.74, 6) is -1.03. The van der Waals surface area contributed by atoms with Crippen LogP contribution in [0, 0.1) is 0 Å². The summed E-state index contributed by atoms with van der Waals surface area (Å²) >= 11 is -2.34. The summed E-state index contributed by atoms with van der Waals surface area (Å²) < 4.78 is 2.50. The molecule has 0 N–H and O–H groups in total. The molecular weight excluding hydrogens is 660 g/mol. The van der Waals surface area contributed by atoms with Crippen molar-refractivity contribution in [2.75, 3.05) is 0 Å². The van der Waals surface area contributed by atoms with Crippen molar-refractivity contribution in [2.24, 2.45) is 0 Å². The van der Waals surface area contributed by atoms with Crippen LogP contribution in [0.25, 0.3) is 39.1 Å². The van der Waals surface area contributed by atoms with Gasteiger partial charge in [-0.2, -0.15) is 0 Å². The van der Waals surface area contributed by atoms with Gasteiger partial charge in [-0.1, -0.05) is 0 Å². The molecule has 0 radical (unpaired) electrons. The van der Waals surface area contributed by atoms with Crippen molar-refractivity contribution < 1.29 is 20.9 Å². The van der Waals surface area contributed by atoms with Gasteiger partial charge in [0.1, 0.15) is 0 Å². The Bertz CT molecular complexity index is 2030.